The molecule has 0 aliphatic rings. The van der Waals surface area contributed by atoms with Gasteiger partial charge < -0.3 is 14.8 Å². The van der Waals surface area contributed by atoms with Gasteiger partial charge in [-0.05, 0) is 24.3 Å². The van der Waals surface area contributed by atoms with Crippen LogP contribution in [0.3, 0.4) is 0 Å². The number of hydrogen-bond donors (Lipinski definition) is 1. The van der Waals surface area contributed by atoms with Crippen LogP contribution in [0.25, 0.3) is 10.8 Å². The minimum Gasteiger partial charge on any atom is -0.489 e. The van der Waals surface area contributed by atoms with Gasteiger partial charge in [0, 0.05) is 19.5 Å². The number of methoxy groups -OCH3 is 1. The zero-order valence-electron chi connectivity index (χ0n) is 16.1. The number of aromatic nitrogens is 2. The molecule has 7 nitrogen and oxygen atoms in total. The van der Waals surface area contributed by atoms with Crippen molar-refractivity contribution in [1.82, 2.24) is 9.78 Å². The van der Waals surface area contributed by atoms with Crippen LogP contribution in [0.2, 0.25) is 0 Å². The summed E-state index contributed by atoms with van der Waals surface area (Å²) in [6.07, 6.45) is -4.61. The topological polar surface area (TPSA) is 82.4 Å². The molecule has 0 unspecified atom stereocenters. The second kappa shape index (κ2) is 8.54. The summed E-state index contributed by atoms with van der Waals surface area (Å²) < 4.78 is 50.7. The second-order valence-electron chi connectivity index (χ2n) is 6.33. The highest BCUT2D eigenvalue weighted by atomic mass is 19.4. The Bertz CT molecular complexity index is 1140. The van der Waals surface area contributed by atoms with Crippen molar-refractivity contribution in [3.8, 4) is 5.75 Å². The molecular weight excluding hydrogens is 403 g/mol. The van der Waals surface area contributed by atoms with E-state index in [0.29, 0.717) is 0 Å². The zero-order valence-corrected chi connectivity index (χ0v) is 16.1. The smallest absolute Gasteiger partial charge is 0.416 e. The number of benzene rings is 2. The second-order valence-corrected chi connectivity index (χ2v) is 6.33. The summed E-state index contributed by atoms with van der Waals surface area (Å²) in [5, 5.41) is 6.95. The van der Waals surface area contributed by atoms with Crippen LogP contribution in [0.5, 0.6) is 5.75 Å². The van der Waals surface area contributed by atoms with Gasteiger partial charge in [-0.2, -0.15) is 18.3 Å². The maximum Gasteiger partial charge on any atom is 0.416 e. The van der Waals surface area contributed by atoms with E-state index in [9.17, 15) is 22.8 Å². The van der Waals surface area contributed by atoms with Crippen LogP contribution in [-0.4, -0.2) is 36.0 Å². The number of alkyl halides is 3. The number of carbonyl (C=O) groups is 1. The minimum atomic E-state index is -4.61. The largest absolute Gasteiger partial charge is 0.489 e. The Morgan fingerprint density at radius 1 is 1.13 bits per heavy atom. The molecule has 0 aliphatic heterocycles. The Morgan fingerprint density at radius 3 is 2.50 bits per heavy atom. The molecule has 30 heavy (non-hydrogen) atoms. The van der Waals surface area contributed by atoms with Crippen LogP contribution in [0.15, 0.2) is 47.3 Å². The lowest BCUT2D eigenvalue weighted by Gasteiger charge is -2.15. The fraction of sp³-hybridized carbons (Fsp3) is 0.250. The van der Waals surface area contributed by atoms with Crippen LogP contribution >= 0.6 is 0 Å². The Balaban J connectivity index is 2.02. The molecule has 0 saturated heterocycles. The number of hydrogen-bond acceptors (Lipinski definition) is 5. The average Bonchev–Trinajstić information content (AvgIpc) is 2.71. The van der Waals surface area contributed by atoms with Crippen molar-refractivity contribution >= 4 is 22.4 Å². The predicted octanol–water partition coefficient (Wildman–Crippen LogP) is 3.23. The third-order valence-corrected chi connectivity index (χ3v) is 4.27. The molecule has 0 saturated carbocycles. The molecule has 0 radical (unpaired) electrons. The molecule has 3 aromatic rings. The number of carbonyl (C=O) groups excluding carboxylic acids is 1. The summed E-state index contributed by atoms with van der Waals surface area (Å²) in [4.78, 5) is 25.1. The van der Waals surface area contributed by atoms with Gasteiger partial charge in [0.2, 0.25) is 0 Å². The van der Waals surface area contributed by atoms with E-state index in [1.54, 1.807) is 24.3 Å². The molecular formula is C20H18F3N3O4. The molecule has 1 amide bonds. The normalized spacial score (nSPS) is 11.5. The van der Waals surface area contributed by atoms with Gasteiger partial charge in [-0.15, -0.1) is 0 Å². The SMILES string of the molecule is COCCOc1ccc(C(F)(F)F)cc1NC(=O)c1nn(C)c(=O)c2ccccc12. The van der Waals surface area contributed by atoms with Crippen molar-refractivity contribution in [1.29, 1.82) is 0 Å². The molecule has 0 atom stereocenters. The maximum atomic E-state index is 13.1. The summed E-state index contributed by atoms with van der Waals surface area (Å²) in [6, 6.07) is 9.12. The van der Waals surface area contributed by atoms with Gasteiger partial charge in [-0.25, -0.2) is 4.68 Å². The summed E-state index contributed by atoms with van der Waals surface area (Å²) >= 11 is 0. The van der Waals surface area contributed by atoms with Gasteiger partial charge in [-0.1, -0.05) is 18.2 Å². The first-order valence-corrected chi connectivity index (χ1v) is 8.82. The molecule has 1 aromatic heterocycles. The van der Waals surface area contributed by atoms with Crippen LogP contribution < -0.4 is 15.6 Å². The first-order chi connectivity index (χ1) is 14.2. The van der Waals surface area contributed by atoms with Gasteiger partial charge in [-0.3, -0.25) is 9.59 Å². The quantitative estimate of drug-likeness (QED) is 0.618. The predicted molar refractivity (Wildman–Crippen MR) is 104 cm³/mol. The van der Waals surface area contributed by atoms with Gasteiger partial charge in [0.15, 0.2) is 5.69 Å². The summed E-state index contributed by atoms with van der Waals surface area (Å²) in [5.41, 5.74) is -1.63. The third kappa shape index (κ3) is 4.43. The minimum absolute atomic E-state index is 0.0440. The number of aryl methyl sites for hydroxylation is 1. The highest BCUT2D eigenvalue weighted by Crippen LogP contribution is 2.35. The maximum absolute atomic E-state index is 13.1. The van der Waals surface area contributed by atoms with E-state index in [4.69, 9.17) is 9.47 Å². The number of nitrogens with zero attached hydrogens (tertiary/aromatic N) is 2. The number of fused-ring (bicyclic) bond motifs is 1. The van der Waals surface area contributed by atoms with Gasteiger partial charge in [0.25, 0.3) is 11.5 Å². The van der Waals surface area contributed by atoms with Crippen LogP contribution in [0.1, 0.15) is 16.1 Å². The Hall–Kier alpha value is -3.40. The highest BCUT2D eigenvalue weighted by Gasteiger charge is 2.31. The van der Waals surface area contributed by atoms with E-state index in [1.165, 1.54) is 14.2 Å². The molecule has 10 heteroatoms. The molecule has 0 bridgehead atoms. The van der Waals surface area contributed by atoms with Gasteiger partial charge in [0.1, 0.15) is 12.4 Å². The van der Waals surface area contributed by atoms with Crippen molar-refractivity contribution in [2.45, 2.75) is 6.18 Å². The molecule has 0 aliphatic carbocycles. The summed E-state index contributed by atoms with van der Waals surface area (Å²) in [5.74, 6) is -0.736. The molecule has 1 N–H and O–H groups in total. The molecule has 0 fully saturated rings. The zero-order chi connectivity index (χ0) is 21.9. The third-order valence-electron chi connectivity index (χ3n) is 4.27. The van der Waals surface area contributed by atoms with Gasteiger partial charge >= 0.3 is 6.18 Å². The lowest BCUT2D eigenvalue weighted by atomic mass is 10.1. The van der Waals surface area contributed by atoms with Crippen molar-refractivity contribution in [3.05, 3.63) is 64.1 Å². The first kappa shape index (κ1) is 21.3. The molecule has 0 spiro atoms. The molecule has 3 rings (SSSR count). The standard InChI is InChI=1S/C20H18F3N3O4/c1-26-19(28)14-6-4-3-5-13(14)17(25-26)18(27)24-15-11-12(20(21,22)23)7-8-16(15)30-10-9-29-2/h3-8,11H,9-10H2,1-2H3,(H,24,27). The number of nitrogens with one attached hydrogen (secondary N) is 1. The molecule has 1 heterocycles. The lowest BCUT2D eigenvalue weighted by Crippen LogP contribution is -2.25. The van der Waals surface area contributed by atoms with E-state index in [-0.39, 0.29) is 41.1 Å². The summed E-state index contributed by atoms with van der Waals surface area (Å²) in [6.45, 7) is 0.285. The Kier molecular flexibility index (Phi) is 6.06. The fourth-order valence-electron chi connectivity index (χ4n) is 2.81. The number of rotatable bonds is 6. The van der Waals surface area contributed by atoms with Crippen LogP contribution in [0, 0.1) is 0 Å². The average molecular weight is 421 g/mol. The lowest BCUT2D eigenvalue weighted by molar-refractivity contribution is -0.137. The summed E-state index contributed by atoms with van der Waals surface area (Å²) in [7, 11) is 2.84. The number of anilines is 1. The molecule has 2 aromatic carbocycles. The van der Waals surface area contributed by atoms with Crippen LogP contribution in [-0.2, 0) is 18.0 Å². The number of halogens is 3. The van der Waals surface area contributed by atoms with Crippen LogP contribution in [0.4, 0.5) is 18.9 Å². The molecule has 158 valence electrons. The van der Waals surface area contributed by atoms with E-state index < -0.39 is 23.2 Å². The van der Waals surface area contributed by atoms with Crippen molar-refractivity contribution in [2.75, 3.05) is 25.6 Å². The monoisotopic (exact) mass is 421 g/mol. The van der Waals surface area contributed by atoms with E-state index in [2.05, 4.69) is 10.4 Å². The van der Waals surface area contributed by atoms with Gasteiger partial charge in [0.05, 0.1) is 23.2 Å². The fourth-order valence-corrected chi connectivity index (χ4v) is 2.81. The number of amides is 1. The van der Waals surface area contributed by atoms with Crippen molar-refractivity contribution < 1.29 is 27.4 Å². The van der Waals surface area contributed by atoms with E-state index in [0.717, 1.165) is 22.9 Å². The number of ether oxygens (including phenoxy) is 2. The van der Waals surface area contributed by atoms with Crippen molar-refractivity contribution in [3.63, 3.8) is 0 Å². The Morgan fingerprint density at radius 2 is 1.83 bits per heavy atom. The highest BCUT2D eigenvalue weighted by molar-refractivity contribution is 6.11. The van der Waals surface area contributed by atoms with Crippen molar-refractivity contribution in [2.24, 2.45) is 7.05 Å². The van der Waals surface area contributed by atoms with E-state index in [1.807, 2.05) is 0 Å². The Labute approximate surface area is 169 Å². The first-order valence-electron chi connectivity index (χ1n) is 8.82. The van der Waals surface area contributed by atoms with E-state index >= 15 is 0 Å².